The molecule has 0 saturated heterocycles. The lowest BCUT2D eigenvalue weighted by atomic mass is 10.3. The number of rotatable bonds is 8. The number of para-hydroxylation sites is 5. The van der Waals surface area contributed by atoms with Gasteiger partial charge >= 0.3 is 0 Å². The molecule has 0 fully saturated rings. The van der Waals surface area contributed by atoms with Crippen LogP contribution in [0.15, 0.2) is 84.0 Å². The zero-order valence-electron chi connectivity index (χ0n) is 18.4. The minimum absolute atomic E-state index is 0.0525. The quantitative estimate of drug-likeness (QED) is 0.394. The van der Waals surface area contributed by atoms with Crippen molar-refractivity contribution in [3.8, 4) is 5.75 Å². The van der Waals surface area contributed by atoms with Gasteiger partial charge in [0.25, 0.3) is 0 Å². The fourth-order valence-electron chi connectivity index (χ4n) is 3.42. The molecule has 1 N–H and O–H groups in total. The fourth-order valence-corrected chi connectivity index (χ4v) is 4.34. The molecule has 0 bridgehead atoms. The Kier molecular flexibility index (Phi) is 6.95. The summed E-state index contributed by atoms with van der Waals surface area (Å²) in [6.45, 7) is 0.0591. The molecule has 3 aromatic carbocycles. The minimum Gasteiger partial charge on any atom is -0.495 e. The Morgan fingerprint density at radius 2 is 1.70 bits per heavy atom. The third-order valence-electron chi connectivity index (χ3n) is 5.14. The van der Waals surface area contributed by atoms with E-state index in [9.17, 15) is 9.59 Å². The van der Waals surface area contributed by atoms with Crippen LogP contribution in [0.5, 0.6) is 5.75 Å². The van der Waals surface area contributed by atoms with Crippen molar-refractivity contribution in [3.63, 3.8) is 0 Å². The number of nitrogens with zero attached hydrogens (tertiary/aromatic N) is 3. The lowest BCUT2D eigenvalue weighted by Gasteiger charge is -2.17. The van der Waals surface area contributed by atoms with Crippen LogP contribution in [-0.4, -0.2) is 41.3 Å². The third kappa shape index (κ3) is 5.18. The molecule has 0 aliphatic rings. The third-order valence-corrected chi connectivity index (χ3v) is 6.11. The van der Waals surface area contributed by atoms with Gasteiger partial charge in [-0.2, -0.15) is 0 Å². The first kappa shape index (κ1) is 22.4. The van der Waals surface area contributed by atoms with Crippen molar-refractivity contribution in [1.82, 2.24) is 9.55 Å². The number of methoxy groups -OCH3 is 1. The molecular formula is C25H24N4O3S. The van der Waals surface area contributed by atoms with E-state index in [-0.39, 0.29) is 24.1 Å². The van der Waals surface area contributed by atoms with E-state index in [1.165, 1.54) is 11.8 Å². The smallest absolute Gasteiger partial charge is 0.244 e. The lowest BCUT2D eigenvalue weighted by Crippen LogP contribution is -2.28. The predicted octanol–water partition coefficient (Wildman–Crippen LogP) is 4.44. The average molecular weight is 461 g/mol. The van der Waals surface area contributed by atoms with Crippen molar-refractivity contribution in [3.05, 3.63) is 78.9 Å². The van der Waals surface area contributed by atoms with Gasteiger partial charge in [0.15, 0.2) is 5.16 Å². The number of nitrogens with one attached hydrogen (secondary N) is 1. The second kappa shape index (κ2) is 10.2. The Morgan fingerprint density at radius 1 is 1.00 bits per heavy atom. The van der Waals surface area contributed by atoms with Crippen LogP contribution in [0.2, 0.25) is 0 Å². The van der Waals surface area contributed by atoms with Gasteiger partial charge in [-0.15, -0.1) is 0 Å². The van der Waals surface area contributed by atoms with Crippen molar-refractivity contribution >= 4 is 46.0 Å². The number of thioether (sulfide) groups is 1. The maximum absolute atomic E-state index is 12.9. The summed E-state index contributed by atoms with van der Waals surface area (Å²) in [7, 11) is 3.31. The summed E-state index contributed by atoms with van der Waals surface area (Å²) in [4.78, 5) is 31.9. The number of ether oxygens (including phenoxy) is 1. The number of carbonyl (C=O) groups excluding carboxylic acids is 2. The highest BCUT2D eigenvalue weighted by Crippen LogP contribution is 2.26. The average Bonchev–Trinajstić information content (AvgIpc) is 3.20. The van der Waals surface area contributed by atoms with E-state index in [0.29, 0.717) is 16.6 Å². The van der Waals surface area contributed by atoms with Crippen LogP contribution in [0.1, 0.15) is 0 Å². The number of fused-ring (bicyclic) bond motifs is 1. The number of carbonyl (C=O) groups is 2. The van der Waals surface area contributed by atoms with Crippen LogP contribution in [0, 0.1) is 0 Å². The van der Waals surface area contributed by atoms with Crippen LogP contribution >= 0.6 is 11.8 Å². The summed E-state index contributed by atoms with van der Waals surface area (Å²) in [5.41, 5.74) is 3.03. The second-order valence-electron chi connectivity index (χ2n) is 7.29. The maximum atomic E-state index is 12.9. The monoisotopic (exact) mass is 460 g/mol. The largest absolute Gasteiger partial charge is 0.495 e. The van der Waals surface area contributed by atoms with E-state index in [1.54, 1.807) is 31.2 Å². The number of imidazole rings is 1. The summed E-state index contributed by atoms with van der Waals surface area (Å²) < 4.78 is 7.15. The van der Waals surface area contributed by atoms with Crippen molar-refractivity contribution in [1.29, 1.82) is 0 Å². The van der Waals surface area contributed by atoms with Gasteiger partial charge in [-0.1, -0.05) is 54.2 Å². The van der Waals surface area contributed by atoms with Crippen LogP contribution < -0.4 is 15.0 Å². The topological polar surface area (TPSA) is 76.5 Å². The summed E-state index contributed by atoms with van der Waals surface area (Å²) in [5.74, 6) is 0.522. The molecule has 4 rings (SSSR count). The number of anilines is 2. The van der Waals surface area contributed by atoms with Crippen LogP contribution in [-0.2, 0) is 16.1 Å². The van der Waals surface area contributed by atoms with Crippen molar-refractivity contribution < 1.29 is 14.3 Å². The van der Waals surface area contributed by atoms with Crippen molar-refractivity contribution in [2.24, 2.45) is 0 Å². The molecule has 0 aliphatic carbocycles. The van der Waals surface area contributed by atoms with E-state index < -0.39 is 0 Å². The highest BCUT2D eigenvalue weighted by Gasteiger charge is 2.18. The van der Waals surface area contributed by atoms with Crippen molar-refractivity contribution in [2.45, 2.75) is 11.7 Å². The SMILES string of the molecule is COc1ccccc1NC(=O)Cn1c(SCC(=O)N(C)c2ccccc2)nc2ccccc21. The summed E-state index contributed by atoms with van der Waals surface area (Å²) in [5, 5.41) is 3.51. The van der Waals surface area contributed by atoms with Gasteiger partial charge in [0.1, 0.15) is 12.3 Å². The normalized spacial score (nSPS) is 10.7. The molecule has 33 heavy (non-hydrogen) atoms. The summed E-state index contributed by atoms with van der Waals surface area (Å²) >= 11 is 1.32. The predicted molar refractivity (Wildman–Crippen MR) is 132 cm³/mol. The number of benzene rings is 3. The second-order valence-corrected chi connectivity index (χ2v) is 8.24. The maximum Gasteiger partial charge on any atom is 0.244 e. The molecule has 168 valence electrons. The van der Waals surface area contributed by atoms with E-state index in [2.05, 4.69) is 10.3 Å². The summed E-state index contributed by atoms with van der Waals surface area (Å²) in [6, 6.07) is 24.4. The molecule has 8 heteroatoms. The number of hydrogen-bond donors (Lipinski definition) is 1. The molecule has 1 heterocycles. The molecule has 0 spiro atoms. The standard InChI is InChI=1S/C25H24N4O3S/c1-28(18-10-4-3-5-11-18)24(31)17-33-25-27-19-12-6-8-14-21(19)29(25)16-23(30)26-20-13-7-9-15-22(20)32-2/h3-15H,16-17H2,1-2H3,(H,26,30). The van der Waals surface area contributed by atoms with E-state index in [1.807, 2.05) is 71.3 Å². The zero-order chi connectivity index (χ0) is 23.2. The van der Waals surface area contributed by atoms with Crippen LogP contribution in [0.3, 0.4) is 0 Å². The van der Waals surface area contributed by atoms with E-state index in [0.717, 1.165) is 16.7 Å². The summed E-state index contributed by atoms with van der Waals surface area (Å²) in [6.07, 6.45) is 0. The van der Waals surface area contributed by atoms with E-state index >= 15 is 0 Å². The molecule has 0 atom stereocenters. The Balaban J connectivity index is 1.52. The van der Waals surface area contributed by atoms with Gasteiger partial charge < -0.3 is 19.5 Å². The fraction of sp³-hybridized carbons (Fsp3) is 0.160. The van der Waals surface area contributed by atoms with Crippen LogP contribution in [0.25, 0.3) is 11.0 Å². The van der Waals surface area contributed by atoms with Crippen molar-refractivity contribution in [2.75, 3.05) is 30.1 Å². The Morgan fingerprint density at radius 3 is 2.48 bits per heavy atom. The van der Waals surface area contributed by atoms with Gasteiger partial charge in [-0.3, -0.25) is 9.59 Å². The first-order valence-corrected chi connectivity index (χ1v) is 11.4. The number of amides is 2. The number of hydrogen-bond acceptors (Lipinski definition) is 5. The zero-order valence-corrected chi connectivity index (χ0v) is 19.2. The Hall–Kier alpha value is -3.78. The molecule has 0 aliphatic heterocycles. The van der Waals surface area contributed by atoms with Gasteiger partial charge in [0.05, 0.1) is 29.6 Å². The van der Waals surface area contributed by atoms with Crippen LogP contribution in [0.4, 0.5) is 11.4 Å². The first-order chi connectivity index (χ1) is 16.1. The molecular weight excluding hydrogens is 436 g/mol. The number of aromatic nitrogens is 2. The lowest BCUT2D eigenvalue weighted by molar-refractivity contribution is -0.117. The highest BCUT2D eigenvalue weighted by atomic mass is 32.2. The molecule has 0 unspecified atom stereocenters. The van der Waals surface area contributed by atoms with Gasteiger partial charge in [0.2, 0.25) is 11.8 Å². The Bertz CT molecular complexity index is 1270. The molecule has 0 radical (unpaired) electrons. The molecule has 0 saturated carbocycles. The highest BCUT2D eigenvalue weighted by molar-refractivity contribution is 7.99. The molecule has 7 nitrogen and oxygen atoms in total. The van der Waals surface area contributed by atoms with Gasteiger partial charge in [-0.05, 0) is 36.4 Å². The Labute approximate surface area is 196 Å². The first-order valence-electron chi connectivity index (χ1n) is 10.4. The molecule has 2 amide bonds. The van der Waals surface area contributed by atoms with Gasteiger partial charge in [0, 0.05) is 12.7 Å². The van der Waals surface area contributed by atoms with Gasteiger partial charge in [-0.25, -0.2) is 4.98 Å². The molecule has 1 aromatic heterocycles. The minimum atomic E-state index is -0.211. The van der Waals surface area contributed by atoms with E-state index in [4.69, 9.17) is 4.74 Å². The molecule has 4 aromatic rings.